The molecule has 3 atom stereocenters. The number of amides is 1. The van der Waals surface area contributed by atoms with E-state index in [1.54, 1.807) is 0 Å². The number of fused-ring (bicyclic) bond motifs is 1. The van der Waals surface area contributed by atoms with Gasteiger partial charge in [-0.2, -0.15) is 0 Å². The third-order valence-electron chi connectivity index (χ3n) is 5.34. The van der Waals surface area contributed by atoms with Crippen LogP contribution in [0.1, 0.15) is 43.6 Å². The minimum atomic E-state index is -0.338. The zero-order valence-electron chi connectivity index (χ0n) is 14.3. The van der Waals surface area contributed by atoms with E-state index in [9.17, 15) is 4.79 Å². The van der Waals surface area contributed by atoms with Crippen molar-refractivity contribution < 1.29 is 18.8 Å². The number of hydrogen-bond acceptors (Lipinski definition) is 5. The van der Waals surface area contributed by atoms with Crippen LogP contribution in [0.25, 0.3) is 0 Å². The van der Waals surface area contributed by atoms with Crippen molar-refractivity contribution in [2.75, 3.05) is 19.7 Å². The lowest BCUT2D eigenvalue weighted by molar-refractivity contribution is -0.213. The Morgan fingerprint density at radius 2 is 2.12 bits per heavy atom. The molecule has 24 heavy (non-hydrogen) atoms. The topological polar surface area (TPSA) is 55.2 Å². The molecule has 0 radical (unpaired) electrons. The van der Waals surface area contributed by atoms with Crippen molar-refractivity contribution >= 4 is 5.91 Å². The van der Waals surface area contributed by atoms with Gasteiger partial charge in [-0.15, -0.1) is 0 Å². The molecule has 1 aromatic rings. The maximum Gasteiger partial charge on any atom is 0.275 e. The van der Waals surface area contributed by atoms with Gasteiger partial charge < -0.3 is 9.15 Å². The van der Waals surface area contributed by atoms with Crippen molar-refractivity contribution in [3.8, 4) is 0 Å². The Balaban J connectivity index is 1.34. The summed E-state index contributed by atoms with van der Waals surface area (Å²) in [7, 11) is 0. The number of nitrogens with zero attached hydrogens (tertiary/aromatic N) is 2. The average Bonchev–Trinajstić information content (AvgIpc) is 3.21. The fraction of sp³-hybridized carbons (Fsp3) is 0.722. The summed E-state index contributed by atoms with van der Waals surface area (Å²) in [6, 6.07) is 4.45. The van der Waals surface area contributed by atoms with Gasteiger partial charge in [0.05, 0.1) is 19.3 Å². The summed E-state index contributed by atoms with van der Waals surface area (Å²) in [6.45, 7) is 5.12. The van der Waals surface area contributed by atoms with Crippen LogP contribution in [0.15, 0.2) is 16.5 Å². The first-order valence-electron chi connectivity index (χ1n) is 9.10. The lowest BCUT2D eigenvalue weighted by Crippen LogP contribution is -2.49. The van der Waals surface area contributed by atoms with E-state index in [0.717, 1.165) is 56.7 Å². The van der Waals surface area contributed by atoms with Crippen LogP contribution in [-0.2, 0) is 20.9 Å². The number of hydroxylamine groups is 2. The summed E-state index contributed by atoms with van der Waals surface area (Å²) in [6.07, 6.45) is 4.60. The Morgan fingerprint density at radius 1 is 1.21 bits per heavy atom. The van der Waals surface area contributed by atoms with Crippen LogP contribution in [0.2, 0.25) is 0 Å². The summed E-state index contributed by atoms with van der Waals surface area (Å²) in [5.74, 6) is 1.97. The summed E-state index contributed by atoms with van der Waals surface area (Å²) >= 11 is 0. The standard InChI is InChI=1S/C18H26N2O4/c1-13-4-5-14(23-13)12-19-10-8-16-15(19)6-7-17(24-16)18(21)20-9-2-3-11-22-20/h4-5,15-17H,2-3,6-12H2,1H3/t15-,16-,17-/m1/s1. The number of carbonyl (C=O) groups excluding carboxylic acids is 1. The molecule has 3 saturated heterocycles. The van der Waals surface area contributed by atoms with Gasteiger partial charge in [-0.1, -0.05) is 0 Å². The number of carbonyl (C=O) groups is 1. The zero-order chi connectivity index (χ0) is 16.5. The van der Waals surface area contributed by atoms with Crippen molar-refractivity contribution in [3.05, 3.63) is 23.7 Å². The summed E-state index contributed by atoms with van der Waals surface area (Å²) in [4.78, 5) is 20.5. The predicted octanol–water partition coefficient (Wildman–Crippen LogP) is 2.26. The highest BCUT2D eigenvalue weighted by Gasteiger charge is 2.43. The molecule has 1 amide bonds. The number of rotatable bonds is 3. The Labute approximate surface area is 142 Å². The van der Waals surface area contributed by atoms with E-state index in [-0.39, 0.29) is 18.1 Å². The molecule has 1 aromatic heterocycles. The Morgan fingerprint density at radius 3 is 2.88 bits per heavy atom. The van der Waals surface area contributed by atoms with E-state index >= 15 is 0 Å². The van der Waals surface area contributed by atoms with E-state index in [2.05, 4.69) is 4.90 Å². The number of likely N-dealkylation sites (tertiary alicyclic amines) is 1. The Bertz CT molecular complexity index is 581. The van der Waals surface area contributed by atoms with E-state index in [1.165, 1.54) is 5.06 Å². The summed E-state index contributed by atoms with van der Waals surface area (Å²) in [5, 5.41) is 1.52. The molecule has 6 nitrogen and oxygen atoms in total. The second-order valence-electron chi connectivity index (χ2n) is 7.06. The van der Waals surface area contributed by atoms with Crippen LogP contribution >= 0.6 is 0 Å². The second kappa shape index (κ2) is 6.86. The van der Waals surface area contributed by atoms with Gasteiger partial charge in [0.2, 0.25) is 0 Å². The van der Waals surface area contributed by atoms with Crippen LogP contribution in [0, 0.1) is 6.92 Å². The van der Waals surface area contributed by atoms with Crippen LogP contribution in [0.3, 0.4) is 0 Å². The first-order chi connectivity index (χ1) is 11.7. The molecular formula is C18H26N2O4. The number of hydrogen-bond donors (Lipinski definition) is 0. The number of furan rings is 1. The van der Waals surface area contributed by atoms with Crippen molar-refractivity contribution in [1.29, 1.82) is 0 Å². The Hall–Kier alpha value is -1.37. The maximum atomic E-state index is 12.6. The molecule has 0 unspecified atom stereocenters. The van der Waals surface area contributed by atoms with Gasteiger partial charge in [0.1, 0.15) is 17.6 Å². The van der Waals surface area contributed by atoms with Gasteiger partial charge in [0.25, 0.3) is 5.91 Å². The van der Waals surface area contributed by atoms with Gasteiger partial charge in [0.15, 0.2) is 0 Å². The van der Waals surface area contributed by atoms with Gasteiger partial charge in [-0.3, -0.25) is 14.5 Å². The van der Waals surface area contributed by atoms with Crippen molar-refractivity contribution in [1.82, 2.24) is 9.96 Å². The third kappa shape index (κ3) is 3.23. The van der Waals surface area contributed by atoms with Crippen LogP contribution < -0.4 is 0 Å². The molecule has 4 heterocycles. The molecule has 0 bridgehead atoms. The van der Waals surface area contributed by atoms with Gasteiger partial charge in [0, 0.05) is 19.1 Å². The van der Waals surface area contributed by atoms with Gasteiger partial charge >= 0.3 is 0 Å². The van der Waals surface area contributed by atoms with Crippen molar-refractivity contribution in [3.63, 3.8) is 0 Å². The highest BCUT2D eigenvalue weighted by Crippen LogP contribution is 2.33. The minimum Gasteiger partial charge on any atom is -0.465 e. The predicted molar refractivity (Wildman–Crippen MR) is 87.1 cm³/mol. The number of ether oxygens (including phenoxy) is 1. The highest BCUT2D eigenvalue weighted by atomic mass is 16.7. The quantitative estimate of drug-likeness (QED) is 0.849. The highest BCUT2D eigenvalue weighted by molar-refractivity contribution is 5.80. The molecule has 3 aliphatic heterocycles. The molecule has 6 heteroatoms. The molecular weight excluding hydrogens is 308 g/mol. The van der Waals surface area contributed by atoms with E-state index < -0.39 is 0 Å². The van der Waals surface area contributed by atoms with Gasteiger partial charge in [-0.25, -0.2) is 5.06 Å². The molecule has 132 valence electrons. The number of aryl methyl sites for hydroxylation is 1. The summed E-state index contributed by atoms with van der Waals surface area (Å²) < 4.78 is 11.9. The minimum absolute atomic E-state index is 0.00765. The molecule has 0 aliphatic carbocycles. The van der Waals surface area contributed by atoms with Gasteiger partial charge in [-0.05, 0) is 51.2 Å². The smallest absolute Gasteiger partial charge is 0.275 e. The van der Waals surface area contributed by atoms with Crippen molar-refractivity contribution in [2.45, 2.75) is 63.8 Å². The fourth-order valence-corrected chi connectivity index (χ4v) is 4.09. The second-order valence-corrected chi connectivity index (χ2v) is 7.06. The molecule has 0 spiro atoms. The average molecular weight is 334 g/mol. The monoisotopic (exact) mass is 334 g/mol. The first kappa shape index (κ1) is 16.1. The molecule has 0 N–H and O–H groups in total. The molecule has 3 fully saturated rings. The van der Waals surface area contributed by atoms with E-state index in [1.807, 2.05) is 19.1 Å². The third-order valence-corrected chi connectivity index (χ3v) is 5.34. The van der Waals surface area contributed by atoms with E-state index in [0.29, 0.717) is 19.2 Å². The lowest BCUT2D eigenvalue weighted by Gasteiger charge is -2.37. The Kier molecular flexibility index (Phi) is 4.61. The fourth-order valence-electron chi connectivity index (χ4n) is 4.09. The first-order valence-corrected chi connectivity index (χ1v) is 9.10. The van der Waals surface area contributed by atoms with Crippen LogP contribution in [0.4, 0.5) is 0 Å². The summed E-state index contributed by atoms with van der Waals surface area (Å²) in [5.41, 5.74) is 0. The zero-order valence-corrected chi connectivity index (χ0v) is 14.3. The molecule has 3 aliphatic rings. The lowest BCUT2D eigenvalue weighted by atomic mass is 9.98. The van der Waals surface area contributed by atoms with E-state index in [4.69, 9.17) is 14.0 Å². The molecule has 0 aromatic carbocycles. The van der Waals surface area contributed by atoms with Crippen molar-refractivity contribution in [2.24, 2.45) is 0 Å². The largest absolute Gasteiger partial charge is 0.465 e. The normalized spacial score (nSPS) is 31.2. The van der Waals surface area contributed by atoms with Crippen LogP contribution in [0.5, 0.6) is 0 Å². The maximum absolute atomic E-state index is 12.6. The molecule has 0 saturated carbocycles. The SMILES string of the molecule is Cc1ccc(CN2CC[C@H]3O[C@@H](C(=O)N4CCCCO4)CC[C@H]32)o1. The van der Waals surface area contributed by atoms with Crippen LogP contribution in [-0.4, -0.2) is 53.8 Å². The molecule has 4 rings (SSSR count).